The Hall–Kier alpha value is -0.910. The Balaban J connectivity index is 1.44. The highest BCUT2D eigenvalue weighted by Crippen LogP contribution is 2.24. The first kappa shape index (κ1) is 17.9. The molecule has 1 heterocycles. The molecule has 4 nitrogen and oxygen atoms in total. The summed E-state index contributed by atoms with van der Waals surface area (Å²) in [4.78, 5) is 2.52. The minimum absolute atomic E-state index is 0.269. The molecular formula is C19H30N2O2S. The number of nitrogens with zero attached hydrogens (tertiary/aromatic N) is 2. The van der Waals surface area contributed by atoms with Crippen molar-refractivity contribution in [2.24, 2.45) is 0 Å². The van der Waals surface area contributed by atoms with Gasteiger partial charge in [0.05, 0.1) is 5.75 Å². The smallest absolute Gasteiger partial charge is 0.214 e. The number of aryl methyl sites for hydroxylation is 1. The second kappa shape index (κ2) is 8.45. The largest absolute Gasteiger partial charge is 0.298 e. The summed E-state index contributed by atoms with van der Waals surface area (Å²) in [7, 11) is -3.10. The van der Waals surface area contributed by atoms with Crippen LogP contribution in [0.15, 0.2) is 30.3 Å². The lowest BCUT2D eigenvalue weighted by Gasteiger charge is -2.40. The van der Waals surface area contributed by atoms with E-state index in [0.717, 1.165) is 19.5 Å². The Kier molecular flexibility index (Phi) is 6.31. The molecule has 134 valence electrons. The number of rotatable bonds is 6. The van der Waals surface area contributed by atoms with Gasteiger partial charge in [-0.15, -0.1) is 0 Å². The zero-order chi connectivity index (χ0) is 16.8. The highest BCUT2D eigenvalue weighted by atomic mass is 32.2. The maximum atomic E-state index is 12.6. The van der Waals surface area contributed by atoms with E-state index >= 15 is 0 Å². The number of hydrogen-bond donors (Lipinski definition) is 0. The molecule has 24 heavy (non-hydrogen) atoms. The molecule has 1 aliphatic carbocycles. The van der Waals surface area contributed by atoms with E-state index in [4.69, 9.17) is 0 Å². The molecule has 1 saturated carbocycles. The van der Waals surface area contributed by atoms with Gasteiger partial charge in [0.1, 0.15) is 0 Å². The predicted molar refractivity (Wildman–Crippen MR) is 98.6 cm³/mol. The van der Waals surface area contributed by atoms with Crippen molar-refractivity contribution in [1.29, 1.82) is 0 Å². The third kappa shape index (κ3) is 4.80. The summed E-state index contributed by atoms with van der Waals surface area (Å²) in [5, 5.41) is 0. The first-order valence-electron chi connectivity index (χ1n) is 9.41. The van der Waals surface area contributed by atoms with Crippen LogP contribution < -0.4 is 0 Å². The number of benzene rings is 1. The van der Waals surface area contributed by atoms with E-state index in [2.05, 4.69) is 17.0 Å². The average Bonchev–Trinajstić information content (AvgIpc) is 2.63. The Morgan fingerprint density at radius 3 is 2.25 bits per heavy atom. The molecule has 1 aromatic carbocycles. The van der Waals surface area contributed by atoms with E-state index in [1.165, 1.54) is 37.7 Å². The maximum absolute atomic E-state index is 12.6. The van der Waals surface area contributed by atoms with Gasteiger partial charge in [-0.25, -0.2) is 8.42 Å². The molecule has 0 amide bonds. The summed E-state index contributed by atoms with van der Waals surface area (Å²) in [6.07, 6.45) is 8.17. The number of hydrogen-bond acceptors (Lipinski definition) is 3. The summed E-state index contributed by atoms with van der Waals surface area (Å²) < 4.78 is 26.9. The topological polar surface area (TPSA) is 40.6 Å². The van der Waals surface area contributed by atoms with Gasteiger partial charge in [0.15, 0.2) is 0 Å². The third-order valence-electron chi connectivity index (χ3n) is 5.47. The molecule has 2 fully saturated rings. The second-order valence-corrected chi connectivity index (χ2v) is 9.22. The fourth-order valence-electron chi connectivity index (χ4n) is 4.03. The number of sulfonamides is 1. The minimum atomic E-state index is -3.10. The van der Waals surface area contributed by atoms with E-state index in [-0.39, 0.29) is 5.75 Å². The molecule has 2 aliphatic rings. The monoisotopic (exact) mass is 350 g/mol. The van der Waals surface area contributed by atoms with Gasteiger partial charge < -0.3 is 0 Å². The molecule has 1 saturated heterocycles. The first-order chi connectivity index (χ1) is 11.6. The fraction of sp³-hybridized carbons (Fsp3) is 0.684. The summed E-state index contributed by atoms with van der Waals surface area (Å²) in [5.41, 5.74) is 1.22. The lowest BCUT2D eigenvalue weighted by molar-refractivity contribution is 0.111. The molecule has 0 unspecified atom stereocenters. The summed E-state index contributed by atoms with van der Waals surface area (Å²) in [5.74, 6) is 0.269. The Labute approximate surface area is 146 Å². The third-order valence-corrected chi connectivity index (χ3v) is 7.42. The molecule has 0 bridgehead atoms. The van der Waals surface area contributed by atoms with Crippen molar-refractivity contribution in [2.45, 2.75) is 51.0 Å². The molecule has 0 aromatic heterocycles. The van der Waals surface area contributed by atoms with Crippen LogP contribution >= 0.6 is 0 Å². The Morgan fingerprint density at radius 1 is 0.917 bits per heavy atom. The van der Waals surface area contributed by atoms with E-state index in [1.54, 1.807) is 4.31 Å². The lowest BCUT2D eigenvalue weighted by Crippen LogP contribution is -2.52. The van der Waals surface area contributed by atoms with Gasteiger partial charge in [-0.2, -0.15) is 4.31 Å². The zero-order valence-corrected chi connectivity index (χ0v) is 15.4. The van der Waals surface area contributed by atoms with Crippen molar-refractivity contribution in [1.82, 2.24) is 9.21 Å². The molecule has 0 N–H and O–H groups in total. The molecule has 5 heteroatoms. The molecule has 3 rings (SSSR count). The summed E-state index contributed by atoms with van der Waals surface area (Å²) >= 11 is 0. The van der Waals surface area contributed by atoms with Crippen LogP contribution in [-0.4, -0.2) is 55.6 Å². The summed E-state index contributed by atoms with van der Waals surface area (Å²) in [6.45, 7) is 3.15. The van der Waals surface area contributed by atoms with Crippen LogP contribution in [0.3, 0.4) is 0 Å². The Morgan fingerprint density at radius 2 is 1.58 bits per heavy atom. The maximum Gasteiger partial charge on any atom is 0.214 e. The molecule has 1 aliphatic heterocycles. The quantitative estimate of drug-likeness (QED) is 0.792. The van der Waals surface area contributed by atoms with Gasteiger partial charge in [0, 0.05) is 32.2 Å². The lowest BCUT2D eigenvalue weighted by atomic mass is 9.94. The minimum Gasteiger partial charge on any atom is -0.298 e. The van der Waals surface area contributed by atoms with E-state index in [9.17, 15) is 8.42 Å². The van der Waals surface area contributed by atoms with Crippen LogP contribution in [-0.2, 0) is 16.4 Å². The second-order valence-electron chi connectivity index (χ2n) is 7.13. The molecule has 0 spiro atoms. The van der Waals surface area contributed by atoms with Gasteiger partial charge in [0.2, 0.25) is 10.0 Å². The highest BCUT2D eigenvalue weighted by molar-refractivity contribution is 7.89. The van der Waals surface area contributed by atoms with Crippen LogP contribution in [0.25, 0.3) is 0 Å². The standard InChI is InChI=1S/C19H30N2O2S/c22-24(23,17-7-10-18-8-3-1-4-9-18)21-15-13-20(14-16-21)19-11-5-2-6-12-19/h1,3-4,8-9,19H,2,5-7,10-17H2. The van der Waals surface area contributed by atoms with Crippen LogP contribution in [0.5, 0.6) is 0 Å². The van der Waals surface area contributed by atoms with Crippen LogP contribution in [0.2, 0.25) is 0 Å². The molecule has 0 radical (unpaired) electrons. The van der Waals surface area contributed by atoms with Crippen molar-refractivity contribution in [2.75, 3.05) is 31.9 Å². The first-order valence-corrected chi connectivity index (χ1v) is 11.0. The van der Waals surface area contributed by atoms with Crippen molar-refractivity contribution in [3.05, 3.63) is 35.9 Å². The van der Waals surface area contributed by atoms with Crippen LogP contribution in [0.1, 0.15) is 44.1 Å². The van der Waals surface area contributed by atoms with Gasteiger partial charge in [0.25, 0.3) is 0 Å². The van der Waals surface area contributed by atoms with Crippen molar-refractivity contribution >= 4 is 10.0 Å². The zero-order valence-electron chi connectivity index (χ0n) is 14.6. The molecular weight excluding hydrogens is 320 g/mol. The highest BCUT2D eigenvalue weighted by Gasteiger charge is 2.30. The SMILES string of the molecule is O=S(=O)(CCCc1ccccc1)N1CCN(C2CCCCC2)CC1. The number of piperazine rings is 1. The molecule has 0 atom stereocenters. The fourth-order valence-corrected chi connectivity index (χ4v) is 5.51. The summed E-state index contributed by atoms with van der Waals surface area (Å²) in [6, 6.07) is 10.8. The van der Waals surface area contributed by atoms with Crippen LogP contribution in [0.4, 0.5) is 0 Å². The van der Waals surface area contributed by atoms with Crippen molar-refractivity contribution < 1.29 is 8.42 Å². The van der Waals surface area contributed by atoms with E-state index in [0.29, 0.717) is 25.6 Å². The van der Waals surface area contributed by atoms with Crippen LogP contribution in [0, 0.1) is 0 Å². The van der Waals surface area contributed by atoms with E-state index < -0.39 is 10.0 Å². The van der Waals surface area contributed by atoms with Gasteiger partial charge >= 0.3 is 0 Å². The van der Waals surface area contributed by atoms with Gasteiger partial charge in [-0.3, -0.25) is 4.90 Å². The van der Waals surface area contributed by atoms with Crippen molar-refractivity contribution in [3.8, 4) is 0 Å². The van der Waals surface area contributed by atoms with Gasteiger partial charge in [-0.1, -0.05) is 49.6 Å². The Bertz CT molecular complexity index is 589. The average molecular weight is 351 g/mol. The van der Waals surface area contributed by atoms with Gasteiger partial charge in [-0.05, 0) is 31.2 Å². The predicted octanol–water partition coefficient (Wildman–Crippen LogP) is 2.90. The normalized spacial score (nSPS) is 21.8. The van der Waals surface area contributed by atoms with Crippen molar-refractivity contribution in [3.63, 3.8) is 0 Å². The van der Waals surface area contributed by atoms with E-state index in [1.807, 2.05) is 18.2 Å². The molecule has 1 aromatic rings.